The maximum atomic E-state index is 6.20. The zero-order valence-corrected chi connectivity index (χ0v) is 16.4. The van der Waals surface area contributed by atoms with Crippen molar-refractivity contribution in [3.63, 3.8) is 0 Å². The average molecular weight is 387 g/mol. The van der Waals surface area contributed by atoms with Crippen molar-refractivity contribution in [1.29, 1.82) is 0 Å². The maximum absolute atomic E-state index is 6.20. The molecule has 0 unspecified atom stereocenters. The average Bonchev–Trinajstić information content (AvgIpc) is 2.61. The first-order valence-electron chi connectivity index (χ1n) is 8.95. The zero-order valence-electron chi connectivity index (χ0n) is 14.9. The van der Waals surface area contributed by atoms with Gasteiger partial charge < -0.3 is 15.4 Å². The summed E-state index contributed by atoms with van der Waals surface area (Å²) < 4.78 is 5.37. The normalized spacial score (nSPS) is 16.0. The second kappa shape index (κ2) is 11.6. The lowest BCUT2D eigenvalue weighted by atomic mass is 10.2. The molecule has 25 heavy (non-hydrogen) atoms. The molecule has 0 amide bonds. The number of morpholine rings is 1. The quantitative estimate of drug-likeness (QED) is 0.409. The molecule has 5 nitrogen and oxygen atoms in total. The Labute approximate surface area is 160 Å². The van der Waals surface area contributed by atoms with Crippen LogP contribution in [0, 0.1) is 0 Å². The molecule has 0 spiro atoms. The molecule has 0 saturated carbocycles. The van der Waals surface area contributed by atoms with Gasteiger partial charge in [0.1, 0.15) is 0 Å². The lowest BCUT2D eigenvalue weighted by Crippen LogP contribution is -2.39. The number of nitrogens with one attached hydrogen (secondary N) is 2. The highest BCUT2D eigenvalue weighted by molar-refractivity contribution is 6.35. The van der Waals surface area contributed by atoms with Crippen LogP contribution in [0.5, 0.6) is 0 Å². The summed E-state index contributed by atoms with van der Waals surface area (Å²) in [5.74, 6) is 0.819. The van der Waals surface area contributed by atoms with Crippen LogP contribution in [0.1, 0.15) is 25.3 Å². The van der Waals surface area contributed by atoms with Crippen molar-refractivity contribution in [1.82, 2.24) is 15.5 Å². The molecule has 0 aliphatic carbocycles. The molecular formula is C18H28Cl2N4O. The minimum Gasteiger partial charge on any atom is -0.379 e. The van der Waals surface area contributed by atoms with Crippen molar-refractivity contribution >= 4 is 29.2 Å². The van der Waals surface area contributed by atoms with Crippen LogP contribution in [0.3, 0.4) is 0 Å². The Morgan fingerprint density at radius 1 is 1.20 bits per heavy atom. The Balaban J connectivity index is 1.71. The van der Waals surface area contributed by atoms with Gasteiger partial charge in [-0.2, -0.15) is 0 Å². The fraction of sp³-hybridized carbons (Fsp3) is 0.611. The molecule has 1 aromatic rings. The van der Waals surface area contributed by atoms with Crippen LogP contribution < -0.4 is 10.6 Å². The number of guanidine groups is 1. The fourth-order valence-corrected chi connectivity index (χ4v) is 3.12. The highest BCUT2D eigenvalue weighted by Gasteiger charge is 2.09. The van der Waals surface area contributed by atoms with E-state index in [2.05, 4.69) is 27.4 Å². The van der Waals surface area contributed by atoms with Crippen molar-refractivity contribution in [2.24, 2.45) is 4.99 Å². The molecule has 2 rings (SSSR count). The van der Waals surface area contributed by atoms with Gasteiger partial charge in [0, 0.05) is 36.2 Å². The van der Waals surface area contributed by atoms with E-state index in [0.29, 0.717) is 16.6 Å². The number of unbranched alkanes of at least 4 members (excludes halogenated alkanes) is 1. The summed E-state index contributed by atoms with van der Waals surface area (Å²) in [6, 6.07) is 5.50. The summed E-state index contributed by atoms with van der Waals surface area (Å²) in [7, 11) is 0. The first kappa shape index (κ1) is 20.3. The molecule has 1 aromatic carbocycles. The Morgan fingerprint density at radius 2 is 2.00 bits per heavy atom. The number of benzene rings is 1. The summed E-state index contributed by atoms with van der Waals surface area (Å²) in [6.07, 6.45) is 2.29. The predicted octanol–water partition coefficient (Wildman–Crippen LogP) is 3.16. The van der Waals surface area contributed by atoms with Gasteiger partial charge in [0.25, 0.3) is 0 Å². The van der Waals surface area contributed by atoms with Crippen LogP contribution in [-0.4, -0.2) is 56.8 Å². The highest BCUT2D eigenvalue weighted by Crippen LogP contribution is 2.21. The topological polar surface area (TPSA) is 48.9 Å². The lowest BCUT2D eigenvalue weighted by Gasteiger charge is -2.26. The van der Waals surface area contributed by atoms with Gasteiger partial charge in [-0.3, -0.25) is 4.90 Å². The largest absolute Gasteiger partial charge is 0.379 e. The molecule has 0 radical (unpaired) electrons. The third-order valence-electron chi connectivity index (χ3n) is 4.06. The van der Waals surface area contributed by atoms with Gasteiger partial charge in [-0.25, -0.2) is 4.99 Å². The summed E-state index contributed by atoms with van der Waals surface area (Å²) in [6.45, 7) is 9.30. The lowest BCUT2D eigenvalue weighted by molar-refractivity contribution is 0.0372. The number of hydrogen-bond donors (Lipinski definition) is 2. The van der Waals surface area contributed by atoms with Crippen LogP contribution in [0.25, 0.3) is 0 Å². The van der Waals surface area contributed by atoms with Gasteiger partial charge in [0.05, 0.1) is 19.8 Å². The van der Waals surface area contributed by atoms with Gasteiger partial charge in [-0.05, 0) is 44.0 Å². The third kappa shape index (κ3) is 7.82. The van der Waals surface area contributed by atoms with Crippen molar-refractivity contribution in [2.75, 3.05) is 45.9 Å². The van der Waals surface area contributed by atoms with E-state index in [-0.39, 0.29) is 0 Å². The predicted molar refractivity (Wildman–Crippen MR) is 106 cm³/mol. The minimum atomic E-state index is 0.527. The van der Waals surface area contributed by atoms with E-state index in [0.717, 1.165) is 63.9 Å². The fourth-order valence-electron chi connectivity index (χ4n) is 2.65. The molecule has 0 aromatic heterocycles. The van der Waals surface area contributed by atoms with Gasteiger partial charge >= 0.3 is 0 Å². The maximum Gasteiger partial charge on any atom is 0.191 e. The molecule has 1 fully saturated rings. The van der Waals surface area contributed by atoms with Crippen molar-refractivity contribution in [2.45, 2.75) is 26.3 Å². The zero-order chi connectivity index (χ0) is 17.9. The monoisotopic (exact) mass is 386 g/mol. The Hall–Kier alpha value is -1.01. The first-order chi connectivity index (χ1) is 12.2. The molecule has 140 valence electrons. The molecule has 2 N–H and O–H groups in total. The second-order valence-electron chi connectivity index (χ2n) is 6.02. The second-order valence-corrected chi connectivity index (χ2v) is 6.86. The smallest absolute Gasteiger partial charge is 0.191 e. The van der Waals surface area contributed by atoms with Crippen LogP contribution in [0.15, 0.2) is 23.2 Å². The number of hydrogen-bond acceptors (Lipinski definition) is 3. The molecule has 1 heterocycles. The van der Waals surface area contributed by atoms with Gasteiger partial charge in [0.2, 0.25) is 0 Å². The molecule has 1 aliphatic heterocycles. The molecule has 0 bridgehead atoms. The third-order valence-corrected chi connectivity index (χ3v) is 4.65. The summed E-state index contributed by atoms with van der Waals surface area (Å²) in [4.78, 5) is 7.07. The van der Waals surface area contributed by atoms with E-state index in [1.54, 1.807) is 6.07 Å². The van der Waals surface area contributed by atoms with E-state index < -0.39 is 0 Å². The van der Waals surface area contributed by atoms with Crippen LogP contribution >= 0.6 is 23.2 Å². The number of halogens is 2. The Morgan fingerprint density at radius 3 is 2.72 bits per heavy atom. The number of ether oxygens (including phenoxy) is 1. The van der Waals surface area contributed by atoms with E-state index in [4.69, 9.17) is 27.9 Å². The molecule has 1 saturated heterocycles. The van der Waals surface area contributed by atoms with Crippen LogP contribution in [-0.2, 0) is 11.3 Å². The van der Waals surface area contributed by atoms with E-state index >= 15 is 0 Å². The summed E-state index contributed by atoms with van der Waals surface area (Å²) in [5, 5.41) is 7.95. The molecule has 0 atom stereocenters. The van der Waals surface area contributed by atoms with Gasteiger partial charge in [-0.15, -0.1) is 0 Å². The Bertz CT molecular complexity index is 548. The van der Waals surface area contributed by atoms with Crippen molar-refractivity contribution in [3.8, 4) is 0 Å². The first-order valence-corrected chi connectivity index (χ1v) is 9.71. The Kier molecular flexibility index (Phi) is 9.40. The molecule has 7 heteroatoms. The molecular weight excluding hydrogens is 359 g/mol. The van der Waals surface area contributed by atoms with Crippen LogP contribution in [0.4, 0.5) is 0 Å². The number of aliphatic imine (C=N–C) groups is 1. The number of rotatable bonds is 8. The highest BCUT2D eigenvalue weighted by atomic mass is 35.5. The summed E-state index contributed by atoms with van der Waals surface area (Å²) >= 11 is 12.1. The van der Waals surface area contributed by atoms with E-state index in [1.165, 1.54) is 6.42 Å². The van der Waals surface area contributed by atoms with Gasteiger partial charge in [-0.1, -0.05) is 29.3 Å². The van der Waals surface area contributed by atoms with Crippen molar-refractivity contribution in [3.05, 3.63) is 33.8 Å². The van der Waals surface area contributed by atoms with E-state index in [9.17, 15) is 0 Å². The summed E-state index contributed by atoms with van der Waals surface area (Å²) in [5.41, 5.74) is 0.968. The SMILES string of the molecule is CCNC(=NCc1ccc(Cl)cc1Cl)NCCCCN1CCOCC1. The van der Waals surface area contributed by atoms with Crippen molar-refractivity contribution < 1.29 is 4.74 Å². The van der Waals surface area contributed by atoms with Crippen LogP contribution in [0.2, 0.25) is 10.0 Å². The number of nitrogens with zero attached hydrogens (tertiary/aromatic N) is 2. The van der Waals surface area contributed by atoms with Gasteiger partial charge in [0.15, 0.2) is 5.96 Å². The van der Waals surface area contributed by atoms with E-state index in [1.807, 2.05) is 12.1 Å². The molecule has 1 aliphatic rings. The standard InChI is InChI=1S/C18H28Cl2N4O/c1-2-21-18(23-14-15-5-6-16(19)13-17(15)20)22-7-3-4-8-24-9-11-25-12-10-24/h5-6,13H,2-4,7-12,14H2,1H3,(H2,21,22,23). The minimum absolute atomic E-state index is 0.527.